The van der Waals surface area contributed by atoms with Crippen molar-refractivity contribution < 1.29 is 19.4 Å². The number of rotatable bonds is 5. The van der Waals surface area contributed by atoms with Gasteiger partial charge < -0.3 is 24.4 Å². The number of benzene rings is 2. The molecular formula is C31H38N3O3+. The molecule has 6 nitrogen and oxygen atoms in total. The Morgan fingerprint density at radius 3 is 2.78 bits per heavy atom. The fourth-order valence-electron chi connectivity index (χ4n) is 8.29. The maximum atomic E-state index is 13.0. The lowest BCUT2D eigenvalue weighted by Gasteiger charge is -2.62. The normalized spacial score (nSPS) is 31.8. The molecule has 2 fully saturated rings. The van der Waals surface area contributed by atoms with Gasteiger partial charge in [-0.05, 0) is 73.0 Å². The van der Waals surface area contributed by atoms with Crippen LogP contribution in [0, 0.1) is 5.92 Å². The van der Waals surface area contributed by atoms with Crippen molar-refractivity contribution in [2.45, 2.75) is 61.7 Å². The molecule has 4 atom stereocenters. The summed E-state index contributed by atoms with van der Waals surface area (Å²) < 4.78 is 7.65. The summed E-state index contributed by atoms with van der Waals surface area (Å²) in [5, 5.41) is 25.1. The zero-order valence-electron chi connectivity index (χ0n) is 22.2. The fourth-order valence-corrected chi connectivity index (χ4v) is 8.29. The van der Waals surface area contributed by atoms with Crippen LogP contribution in [0.4, 0.5) is 0 Å². The minimum atomic E-state index is -0.933. The molecule has 5 aliphatic rings. The highest BCUT2D eigenvalue weighted by Crippen LogP contribution is 2.69. The minimum Gasteiger partial charge on any atom is -0.504 e. The quantitative estimate of drug-likeness (QED) is 0.466. The number of hydrogen-bond acceptors (Lipinski definition) is 4. The number of nitrogens with one attached hydrogen (secondary N) is 1. The van der Waals surface area contributed by atoms with E-state index in [0.717, 1.165) is 66.1 Å². The molecule has 1 aromatic heterocycles. The second kappa shape index (κ2) is 7.10. The summed E-state index contributed by atoms with van der Waals surface area (Å²) in [5.74, 6) is 1.58. The van der Waals surface area contributed by atoms with E-state index in [2.05, 4.69) is 55.3 Å². The van der Waals surface area contributed by atoms with Gasteiger partial charge in [0, 0.05) is 41.9 Å². The Bertz CT molecular complexity index is 1450. The Morgan fingerprint density at radius 2 is 2.00 bits per heavy atom. The first-order chi connectivity index (χ1) is 17.7. The van der Waals surface area contributed by atoms with Gasteiger partial charge in [-0.2, -0.15) is 0 Å². The number of aromatic hydroxyl groups is 1. The van der Waals surface area contributed by atoms with Crippen LogP contribution in [0.2, 0.25) is 0 Å². The maximum Gasteiger partial charge on any atom is 0.166 e. The lowest BCUT2D eigenvalue weighted by molar-refractivity contribution is -0.870. The molecule has 1 saturated carbocycles. The Kier molecular flexibility index (Phi) is 4.31. The Morgan fingerprint density at radius 1 is 1.16 bits per heavy atom. The molecule has 1 saturated heterocycles. The number of phenols is 1. The molecule has 8 rings (SSSR count). The average Bonchev–Trinajstić information content (AvgIpc) is 3.49. The second-order valence-corrected chi connectivity index (χ2v) is 13.6. The van der Waals surface area contributed by atoms with E-state index in [-0.39, 0.29) is 17.9 Å². The van der Waals surface area contributed by atoms with Gasteiger partial charge in [-0.1, -0.05) is 12.1 Å². The Labute approximate surface area is 218 Å². The number of ether oxygens (including phenoxy) is 1. The van der Waals surface area contributed by atoms with E-state index < -0.39 is 11.0 Å². The van der Waals surface area contributed by atoms with Crippen molar-refractivity contribution in [3.63, 3.8) is 0 Å². The summed E-state index contributed by atoms with van der Waals surface area (Å²) in [7, 11) is 6.71. The van der Waals surface area contributed by atoms with Crippen LogP contribution in [0.3, 0.4) is 0 Å². The molecule has 3 aliphatic carbocycles. The first-order valence-corrected chi connectivity index (χ1v) is 14.1. The summed E-state index contributed by atoms with van der Waals surface area (Å²) in [6, 6.07) is 10.7. The van der Waals surface area contributed by atoms with E-state index in [9.17, 15) is 10.2 Å². The summed E-state index contributed by atoms with van der Waals surface area (Å²) in [5.41, 5.74) is 5.62. The molecule has 194 valence electrons. The first-order valence-electron chi connectivity index (χ1n) is 14.1. The van der Waals surface area contributed by atoms with Gasteiger partial charge in [-0.3, -0.25) is 4.90 Å². The van der Waals surface area contributed by atoms with Crippen molar-refractivity contribution in [1.29, 1.82) is 0 Å². The number of fused-ring (bicyclic) bond motifs is 4. The molecule has 0 radical (unpaired) electrons. The van der Waals surface area contributed by atoms with Crippen LogP contribution >= 0.6 is 0 Å². The average molecular weight is 501 g/mol. The van der Waals surface area contributed by atoms with Crippen LogP contribution in [0.25, 0.3) is 10.9 Å². The van der Waals surface area contributed by atoms with Crippen molar-refractivity contribution in [2.75, 3.05) is 40.8 Å². The van der Waals surface area contributed by atoms with Crippen molar-refractivity contribution in [3.8, 4) is 11.5 Å². The summed E-state index contributed by atoms with van der Waals surface area (Å²) >= 11 is 0. The smallest absolute Gasteiger partial charge is 0.166 e. The Balaban J connectivity index is 1.31. The first kappa shape index (κ1) is 22.4. The second-order valence-electron chi connectivity index (χ2n) is 13.6. The van der Waals surface area contributed by atoms with E-state index in [4.69, 9.17) is 4.74 Å². The lowest BCUT2D eigenvalue weighted by Crippen LogP contribution is -2.74. The van der Waals surface area contributed by atoms with Gasteiger partial charge in [0.25, 0.3) is 0 Å². The molecule has 3 heterocycles. The number of aromatic amines is 1. The maximum absolute atomic E-state index is 13.0. The number of piperidine rings is 1. The third-order valence-electron chi connectivity index (χ3n) is 10.3. The number of likely N-dealkylation sites (tertiary alicyclic amines) is 1. The van der Waals surface area contributed by atoms with Crippen molar-refractivity contribution in [1.82, 2.24) is 9.88 Å². The van der Waals surface area contributed by atoms with Crippen LogP contribution in [-0.4, -0.2) is 77.0 Å². The van der Waals surface area contributed by atoms with E-state index in [0.29, 0.717) is 12.2 Å². The zero-order valence-corrected chi connectivity index (χ0v) is 22.2. The van der Waals surface area contributed by atoms with Gasteiger partial charge >= 0.3 is 0 Å². The molecule has 37 heavy (non-hydrogen) atoms. The van der Waals surface area contributed by atoms with Gasteiger partial charge in [0.15, 0.2) is 17.6 Å². The van der Waals surface area contributed by atoms with Crippen LogP contribution in [0.5, 0.6) is 11.5 Å². The fraction of sp³-hybridized carbons (Fsp3) is 0.548. The zero-order chi connectivity index (χ0) is 25.3. The molecule has 0 amide bonds. The summed E-state index contributed by atoms with van der Waals surface area (Å²) in [6.45, 7) is 3.14. The predicted molar refractivity (Wildman–Crippen MR) is 143 cm³/mol. The summed E-state index contributed by atoms with van der Waals surface area (Å²) in [6.07, 6.45) is 5.64. The molecule has 6 heteroatoms. The number of aromatic nitrogens is 1. The van der Waals surface area contributed by atoms with Crippen LogP contribution < -0.4 is 4.74 Å². The number of hydrogen-bond donors (Lipinski definition) is 3. The van der Waals surface area contributed by atoms with Gasteiger partial charge in [0.2, 0.25) is 0 Å². The van der Waals surface area contributed by atoms with Crippen molar-refractivity contribution >= 4 is 10.9 Å². The molecule has 2 bridgehead atoms. The highest BCUT2D eigenvalue weighted by atomic mass is 16.5. The van der Waals surface area contributed by atoms with Crippen molar-refractivity contribution in [2.24, 2.45) is 5.92 Å². The number of nitrogens with zero attached hydrogens (tertiary/aromatic N) is 2. The third-order valence-corrected chi connectivity index (χ3v) is 10.3. The molecule has 1 spiro atoms. The van der Waals surface area contributed by atoms with Crippen LogP contribution in [0.15, 0.2) is 30.3 Å². The van der Waals surface area contributed by atoms with Crippen LogP contribution in [-0.2, 0) is 24.7 Å². The van der Waals surface area contributed by atoms with E-state index in [1.807, 2.05) is 0 Å². The highest BCUT2D eigenvalue weighted by molar-refractivity contribution is 5.87. The van der Waals surface area contributed by atoms with Gasteiger partial charge in [0.1, 0.15) is 0 Å². The monoisotopic (exact) mass is 500 g/mol. The van der Waals surface area contributed by atoms with Gasteiger partial charge in [0.05, 0.1) is 44.4 Å². The largest absolute Gasteiger partial charge is 0.504 e. The third kappa shape index (κ3) is 2.92. The number of H-pyrrole nitrogens is 1. The van der Waals surface area contributed by atoms with E-state index >= 15 is 0 Å². The molecule has 1 unspecified atom stereocenters. The predicted octanol–water partition coefficient (Wildman–Crippen LogP) is 3.82. The van der Waals surface area contributed by atoms with Gasteiger partial charge in [-0.25, -0.2) is 0 Å². The molecule has 3 aromatic rings. The number of quaternary nitrogens is 1. The van der Waals surface area contributed by atoms with Crippen molar-refractivity contribution in [3.05, 3.63) is 58.3 Å². The molecule has 3 N–H and O–H groups in total. The number of aliphatic hydroxyl groups is 1. The topological polar surface area (TPSA) is 68.7 Å². The summed E-state index contributed by atoms with van der Waals surface area (Å²) in [4.78, 5) is 6.34. The van der Waals surface area contributed by atoms with E-state index in [1.54, 1.807) is 6.07 Å². The standard InChI is InChI=1S/C31H37N3O3/c1-34(2,3)13-10-18-6-8-23-21(14-18)22-16-31(36)25-15-20-7-9-24(35)28-26(20)30(31,29(37-28)27(22)32-23)11-12-33(25)17-19-4-5-19/h6-9,14,19,25,29,32,36H,4-5,10-13,15-17H2,1-3H3/p+1/t25?,29-,30-,31+/m0/s1. The highest BCUT2D eigenvalue weighted by Gasteiger charge is 2.72. The number of phenolic OH excluding ortho intramolecular Hbond substituents is 1. The molecule has 2 aromatic carbocycles. The molecule has 2 aliphatic heterocycles. The molecular weight excluding hydrogens is 462 g/mol. The SMILES string of the molecule is C[N+](C)(C)CCc1ccc2[nH]c3c(c2c1)C[C@@]1(O)C2Cc4ccc(O)c5c4[C@@]1(CCN2CC1CC1)[C@H]3O5. The Hall–Kier alpha value is -2.54. The van der Waals surface area contributed by atoms with Crippen LogP contribution in [0.1, 0.15) is 53.3 Å². The lowest BCUT2D eigenvalue weighted by atomic mass is 9.49. The number of likely N-dealkylation sites (N-methyl/N-ethyl adjacent to an activating group) is 1. The van der Waals surface area contributed by atoms with Gasteiger partial charge in [-0.15, -0.1) is 0 Å². The minimum absolute atomic E-state index is 0.0652. The van der Waals surface area contributed by atoms with E-state index in [1.165, 1.54) is 34.9 Å².